The van der Waals surface area contributed by atoms with Crippen LogP contribution in [-0.2, 0) is 4.74 Å². The van der Waals surface area contributed by atoms with Crippen LogP contribution in [0.25, 0.3) is 0 Å². The maximum absolute atomic E-state index is 12.4. The van der Waals surface area contributed by atoms with Gasteiger partial charge in [-0.2, -0.15) is 0 Å². The lowest BCUT2D eigenvalue weighted by atomic mass is 10.2. The van der Waals surface area contributed by atoms with E-state index in [2.05, 4.69) is 20.5 Å². The number of nitrogens with one attached hydrogen (secondary N) is 2. The summed E-state index contributed by atoms with van der Waals surface area (Å²) in [7, 11) is 0. The number of hydrogen-bond acceptors (Lipinski definition) is 7. The van der Waals surface area contributed by atoms with Crippen molar-refractivity contribution in [2.45, 2.75) is 0 Å². The number of fused-ring (bicyclic) bond motifs is 1. The molecule has 0 spiro atoms. The SMILES string of the molecule is O=C(Nc1ccc(NCCN2CCOCC2)nc1)c1ccc2c(c1)OCO2. The Bertz CT molecular complexity index is 791. The second-order valence-electron chi connectivity index (χ2n) is 6.34. The predicted octanol–water partition coefficient (Wildman–Crippen LogP) is 1.81. The first-order valence-corrected chi connectivity index (χ1v) is 8.99. The highest BCUT2D eigenvalue weighted by atomic mass is 16.7. The molecule has 0 bridgehead atoms. The first kappa shape index (κ1) is 17.6. The Morgan fingerprint density at radius 2 is 1.96 bits per heavy atom. The van der Waals surface area contributed by atoms with Crippen LogP contribution in [0.15, 0.2) is 36.5 Å². The molecule has 2 aliphatic rings. The molecule has 1 aromatic carbocycles. The molecule has 8 heteroatoms. The molecule has 0 unspecified atom stereocenters. The van der Waals surface area contributed by atoms with Crippen LogP contribution in [0.2, 0.25) is 0 Å². The average Bonchev–Trinajstić information content (AvgIpc) is 3.18. The predicted molar refractivity (Wildman–Crippen MR) is 101 cm³/mol. The van der Waals surface area contributed by atoms with E-state index in [0.29, 0.717) is 22.7 Å². The van der Waals surface area contributed by atoms with Gasteiger partial charge in [-0.25, -0.2) is 4.98 Å². The van der Waals surface area contributed by atoms with Crippen LogP contribution >= 0.6 is 0 Å². The number of nitrogens with zero attached hydrogens (tertiary/aromatic N) is 2. The quantitative estimate of drug-likeness (QED) is 0.802. The van der Waals surface area contributed by atoms with Gasteiger partial charge in [-0.1, -0.05) is 0 Å². The summed E-state index contributed by atoms with van der Waals surface area (Å²) in [4.78, 5) is 19.1. The van der Waals surface area contributed by atoms with Crippen LogP contribution in [0.5, 0.6) is 11.5 Å². The number of anilines is 2. The zero-order chi connectivity index (χ0) is 18.5. The van der Waals surface area contributed by atoms with Gasteiger partial charge in [0.15, 0.2) is 11.5 Å². The second kappa shape index (κ2) is 8.24. The summed E-state index contributed by atoms with van der Waals surface area (Å²) in [6.07, 6.45) is 1.64. The van der Waals surface area contributed by atoms with E-state index >= 15 is 0 Å². The van der Waals surface area contributed by atoms with Gasteiger partial charge in [0.25, 0.3) is 5.91 Å². The number of rotatable bonds is 6. The summed E-state index contributed by atoms with van der Waals surface area (Å²) in [6.45, 7) is 5.50. The molecule has 1 fully saturated rings. The van der Waals surface area contributed by atoms with E-state index in [1.54, 1.807) is 24.4 Å². The summed E-state index contributed by atoms with van der Waals surface area (Å²) in [5.41, 5.74) is 1.14. The number of benzene rings is 1. The molecule has 27 heavy (non-hydrogen) atoms. The molecule has 2 aliphatic heterocycles. The van der Waals surface area contributed by atoms with E-state index in [4.69, 9.17) is 14.2 Å². The van der Waals surface area contributed by atoms with E-state index in [9.17, 15) is 4.79 Å². The highest BCUT2D eigenvalue weighted by molar-refractivity contribution is 6.04. The minimum atomic E-state index is -0.219. The Hall–Kier alpha value is -2.84. The van der Waals surface area contributed by atoms with Gasteiger partial charge in [-0.15, -0.1) is 0 Å². The molecule has 142 valence electrons. The van der Waals surface area contributed by atoms with E-state index < -0.39 is 0 Å². The lowest BCUT2D eigenvalue weighted by molar-refractivity contribution is 0.0398. The summed E-state index contributed by atoms with van der Waals surface area (Å²) in [5.74, 6) is 1.80. The van der Waals surface area contributed by atoms with Gasteiger partial charge in [-0.05, 0) is 30.3 Å². The Labute approximate surface area is 157 Å². The highest BCUT2D eigenvalue weighted by Crippen LogP contribution is 2.32. The summed E-state index contributed by atoms with van der Waals surface area (Å²) in [6, 6.07) is 8.80. The highest BCUT2D eigenvalue weighted by Gasteiger charge is 2.16. The van der Waals surface area contributed by atoms with Crippen LogP contribution in [0.1, 0.15) is 10.4 Å². The third-order valence-corrected chi connectivity index (χ3v) is 4.49. The van der Waals surface area contributed by atoms with E-state index in [1.165, 1.54) is 0 Å². The number of aromatic nitrogens is 1. The molecule has 4 rings (SSSR count). The monoisotopic (exact) mass is 370 g/mol. The number of morpholine rings is 1. The normalized spacial score (nSPS) is 16.1. The molecular formula is C19H22N4O4. The van der Waals surface area contributed by atoms with Crippen molar-refractivity contribution >= 4 is 17.4 Å². The van der Waals surface area contributed by atoms with Crippen LogP contribution in [-0.4, -0.2) is 62.0 Å². The Morgan fingerprint density at radius 1 is 1.11 bits per heavy atom. The minimum absolute atomic E-state index is 0.185. The third kappa shape index (κ3) is 4.47. The van der Waals surface area contributed by atoms with Crippen molar-refractivity contribution in [1.29, 1.82) is 0 Å². The summed E-state index contributed by atoms with van der Waals surface area (Å²) < 4.78 is 15.9. The summed E-state index contributed by atoms with van der Waals surface area (Å²) in [5, 5.41) is 6.13. The van der Waals surface area contributed by atoms with Gasteiger partial charge in [-0.3, -0.25) is 9.69 Å². The van der Waals surface area contributed by atoms with E-state index in [-0.39, 0.29) is 12.7 Å². The first-order chi connectivity index (χ1) is 13.3. The van der Waals surface area contributed by atoms with Crippen LogP contribution in [0.3, 0.4) is 0 Å². The molecule has 0 saturated carbocycles. The molecule has 0 aliphatic carbocycles. The Balaban J connectivity index is 1.27. The van der Waals surface area contributed by atoms with Crippen molar-refractivity contribution < 1.29 is 19.0 Å². The lowest BCUT2D eigenvalue weighted by Crippen LogP contribution is -2.39. The summed E-state index contributed by atoms with van der Waals surface area (Å²) >= 11 is 0. The molecule has 8 nitrogen and oxygen atoms in total. The average molecular weight is 370 g/mol. The van der Waals surface area contributed by atoms with Crippen molar-refractivity contribution in [2.24, 2.45) is 0 Å². The van der Waals surface area contributed by atoms with Crippen molar-refractivity contribution in [2.75, 3.05) is 56.8 Å². The molecule has 0 atom stereocenters. The number of ether oxygens (including phenoxy) is 3. The number of carbonyl (C=O) groups is 1. The minimum Gasteiger partial charge on any atom is -0.454 e. The number of carbonyl (C=O) groups excluding carboxylic acids is 1. The lowest BCUT2D eigenvalue weighted by Gasteiger charge is -2.26. The molecule has 1 aromatic heterocycles. The molecule has 1 amide bonds. The van der Waals surface area contributed by atoms with Gasteiger partial charge in [0.2, 0.25) is 6.79 Å². The first-order valence-electron chi connectivity index (χ1n) is 8.99. The van der Waals surface area contributed by atoms with Crippen molar-refractivity contribution in [1.82, 2.24) is 9.88 Å². The maximum atomic E-state index is 12.4. The Morgan fingerprint density at radius 3 is 2.78 bits per heavy atom. The molecule has 3 heterocycles. The van der Waals surface area contributed by atoms with Crippen LogP contribution in [0, 0.1) is 0 Å². The second-order valence-corrected chi connectivity index (χ2v) is 6.34. The molecule has 2 aromatic rings. The molecule has 0 radical (unpaired) electrons. The van der Waals surface area contributed by atoms with Crippen LogP contribution < -0.4 is 20.1 Å². The topological polar surface area (TPSA) is 85.0 Å². The number of hydrogen-bond donors (Lipinski definition) is 2. The fraction of sp³-hybridized carbons (Fsp3) is 0.368. The molecule has 1 saturated heterocycles. The number of pyridine rings is 1. The third-order valence-electron chi connectivity index (χ3n) is 4.49. The van der Waals surface area contributed by atoms with Crippen molar-refractivity contribution in [3.63, 3.8) is 0 Å². The maximum Gasteiger partial charge on any atom is 0.255 e. The molecular weight excluding hydrogens is 348 g/mol. The smallest absolute Gasteiger partial charge is 0.255 e. The Kier molecular flexibility index (Phi) is 5.36. The van der Waals surface area contributed by atoms with Crippen LogP contribution in [0.4, 0.5) is 11.5 Å². The largest absolute Gasteiger partial charge is 0.454 e. The standard InChI is InChI=1S/C19H22N4O4/c24-19(14-1-3-16-17(11-14)27-13-26-16)22-15-2-4-18(21-12-15)20-5-6-23-7-9-25-10-8-23/h1-4,11-12H,5-10,13H2,(H,20,21)(H,22,24). The van der Waals surface area contributed by atoms with Gasteiger partial charge < -0.3 is 24.8 Å². The van der Waals surface area contributed by atoms with Gasteiger partial charge in [0.1, 0.15) is 5.82 Å². The zero-order valence-corrected chi connectivity index (χ0v) is 14.9. The fourth-order valence-corrected chi connectivity index (χ4v) is 2.98. The number of amides is 1. The van der Waals surface area contributed by atoms with Gasteiger partial charge >= 0.3 is 0 Å². The zero-order valence-electron chi connectivity index (χ0n) is 14.9. The van der Waals surface area contributed by atoms with Crippen molar-refractivity contribution in [3.05, 3.63) is 42.1 Å². The fourth-order valence-electron chi connectivity index (χ4n) is 2.98. The van der Waals surface area contributed by atoms with E-state index in [0.717, 1.165) is 45.2 Å². The molecule has 2 N–H and O–H groups in total. The van der Waals surface area contributed by atoms with Gasteiger partial charge in [0.05, 0.1) is 25.1 Å². The van der Waals surface area contributed by atoms with Gasteiger partial charge in [0, 0.05) is 31.7 Å². The van der Waals surface area contributed by atoms with E-state index in [1.807, 2.05) is 12.1 Å². The van der Waals surface area contributed by atoms with Crippen molar-refractivity contribution in [3.8, 4) is 11.5 Å².